The van der Waals surface area contributed by atoms with Crippen LogP contribution >= 0.6 is 11.3 Å². The zero-order valence-corrected chi connectivity index (χ0v) is 16.2. The van der Waals surface area contributed by atoms with E-state index in [1.807, 2.05) is 5.51 Å². The van der Waals surface area contributed by atoms with Gasteiger partial charge in [-0.3, -0.25) is 9.80 Å². The first-order valence-electron chi connectivity index (χ1n) is 9.74. The van der Waals surface area contributed by atoms with Gasteiger partial charge in [-0.1, -0.05) is 30.3 Å². The monoisotopic (exact) mass is 371 g/mol. The van der Waals surface area contributed by atoms with Crippen LogP contribution in [-0.4, -0.2) is 52.7 Å². The topological polar surface area (TPSA) is 39.6 Å². The number of thiazole rings is 1. The van der Waals surface area contributed by atoms with Gasteiger partial charge in [-0.15, -0.1) is 11.3 Å². The normalized spacial score (nSPS) is 24.1. The first-order valence-corrected chi connectivity index (χ1v) is 10.7. The number of aliphatic hydroxyl groups excluding tert-OH is 1. The molecule has 0 amide bonds. The van der Waals surface area contributed by atoms with E-state index < -0.39 is 0 Å². The molecule has 0 radical (unpaired) electrons. The summed E-state index contributed by atoms with van der Waals surface area (Å²) in [5.41, 5.74) is 4.81. The standard InChI is InChI=1S/C21H29N3OS/c25-15-19-13-24(14-20-16-26-17-22-20)11-8-21(19)6-9-23(10-7-21)12-18-4-2-1-3-5-18/h1-5,16-17,19,25H,6-15H2/t19-/m1/s1. The number of likely N-dealkylation sites (tertiary alicyclic amines) is 2. The minimum absolute atomic E-state index is 0.312. The number of aliphatic hydroxyl groups is 1. The van der Waals surface area contributed by atoms with Gasteiger partial charge in [0, 0.05) is 37.5 Å². The summed E-state index contributed by atoms with van der Waals surface area (Å²) in [5.74, 6) is 0.397. The number of nitrogens with zero attached hydrogens (tertiary/aromatic N) is 3. The first kappa shape index (κ1) is 18.1. The molecular weight excluding hydrogens is 342 g/mol. The van der Waals surface area contributed by atoms with Crippen LogP contribution in [0, 0.1) is 11.3 Å². The fraction of sp³-hybridized carbons (Fsp3) is 0.571. The van der Waals surface area contributed by atoms with Gasteiger partial charge in [0.1, 0.15) is 0 Å². The lowest BCUT2D eigenvalue weighted by Gasteiger charge is -2.51. The van der Waals surface area contributed by atoms with Crippen LogP contribution in [-0.2, 0) is 13.1 Å². The number of benzene rings is 1. The van der Waals surface area contributed by atoms with Crippen molar-refractivity contribution in [2.45, 2.75) is 32.4 Å². The van der Waals surface area contributed by atoms with Crippen LogP contribution < -0.4 is 0 Å². The van der Waals surface area contributed by atoms with Gasteiger partial charge in [0.15, 0.2) is 0 Å². The quantitative estimate of drug-likeness (QED) is 0.876. The third-order valence-corrected chi connectivity index (χ3v) is 7.10. The van der Waals surface area contributed by atoms with Crippen LogP contribution in [0.15, 0.2) is 41.2 Å². The molecule has 1 N–H and O–H groups in total. The molecule has 1 atom stereocenters. The lowest BCUT2D eigenvalue weighted by atomic mass is 9.64. The van der Waals surface area contributed by atoms with E-state index in [9.17, 15) is 5.11 Å². The Bertz CT molecular complexity index is 668. The molecule has 4 rings (SSSR count). The zero-order valence-electron chi connectivity index (χ0n) is 15.4. The van der Waals surface area contributed by atoms with E-state index in [2.05, 4.69) is 50.5 Å². The Hall–Kier alpha value is -1.27. The van der Waals surface area contributed by atoms with Gasteiger partial charge in [0.25, 0.3) is 0 Å². The predicted molar refractivity (Wildman–Crippen MR) is 106 cm³/mol. The Balaban J connectivity index is 1.34. The summed E-state index contributed by atoms with van der Waals surface area (Å²) in [5, 5.41) is 12.2. The Morgan fingerprint density at radius 2 is 1.77 bits per heavy atom. The van der Waals surface area contributed by atoms with Crippen LogP contribution in [0.3, 0.4) is 0 Å². The summed E-state index contributed by atoms with van der Waals surface area (Å²) < 4.78 is 0. The van der Waals surface area contributed by atoms with Crippen molar-refractivity contribution in [1.82, 2.24) is 14.8 Å². The van der Waals surface area contributed by atoms with Gasteiger partial charge in [-0.2, -0.15) is 0 Å². The van der Waals surface area contributed by atoms with Crippen molar-refractivity contribution in [3.05, 3.63) is 52.5 Å². The Kier molecular flexibility index (Phi) is 5.69. The van der Waals surface area contributed by atoms with Crippen LogP contribution in [0.5, 0.6) is 0 Å². The number of rotatable bonds is 5. The molecule has 4 nitrogen and oxygen atoms in total. The SMILES string of the molecule is OC[C@H]1CN(Cc2cscn2)CCC12CCN(Cc1ccccc1)CC2. The van der Waals surface area contributed by atoms with Crippen molar-refractivity contribution < 1.29 is 5.11 Å². The summed E-state index contributed by atoms with van der Waals surface area (Å²) in [6.07, 6.45) is 3.65. The summed E-state index contributed by atoms with van der Waals surface area (Å²) in [7, 11) is 0. The number of aromatic nitrogens is 1. The van der Waals surface area contributed by atoms with Crippen molar-refractivity contribution in [3.63, 3.8) is 0 Å². The van der Waals surface area contributed by atoms with E-state index in [-0.39, 0.29) is 0 Å². The van der Waals surface area contributed by atoms with E-state index in [0.717, 1.165) is 39.3 Å². The Morgan fingerprint density at radius 3 is 2.42 bits per heavy atom. The molecule has 140 valence electrons. The molecule has 2 saturated heterocycles. The highest BCUT2D eigenvalue weighted by molar-refractivity contribution is 7.07. The maximum atomic E-state index is 10.1. The minimum atomic E-state index is 0.312. The van der Waals surface area contributed by atoms with Crippen molar-refractivity contribution in [1.29, 1.82) is 0 Å². The van der Waals surface area contributed by atoms with Crippen molar-refractivity contribution in [2.75, 3.05) is 32.8 Å². The fourth-order valence-corrected chi connectivity index (χ4v) is 5.33. The Morgan fingerprint density at radius 1 is 1.04 bits per heavy atom. The van der Waals surface area contributed by atoms with E-state index in [4.69, 9.17) is 0 Å². The highest BCUT2D eigenvalue weighted by Gasteiger charge is 2.44. The van der Waals surface area contributed by atoms with E-state index in [0.29, 0.717) is 17.9 Å². The van der Waals surface area contributed by atoms with Crippen molar-refractivity contribution in [2.24, 2.45) is 11.3 Å². The molecule has 2 aliphatic heterocycles. The van der Waals surface area contributed by atoms with Crippen LogP contribution in [0.2, 0.25) is 0 Å². The average molecular weight is 372 g/mol. The molecule has 3 heterocycles. The molecule has 5 heteroatoms. The van der Waals surface area contributed by atoms with Crippen molar-refractivity contribution in [3.8, 4) is 0 Å². The highest BCUT2D eigenvalue weighted by Crippen LogP contribution is 2.45. The third kappa shape index (κ3) is 4.01. The van der Waals surface area contributed by atoms with Gasteiger partial charge in [-0.05, 0) is 49.9 Å². The fourth-order valence-electron chi connectivity index (χ4n) is 4.78. The summed E-state index contributed by atoms with van der Waals surface area (Å²) in [6.45, 7) is 6.73. The van der Waals surface area contributed by atoms with E-state index in [1.165, 1.54) is 30.5 Å². The number of hydrogen-bond donors (Lipinski definition) is 1. The first-order chi connectivity index (χ1) is 12.8. The number of piperidine rings is 2. The molecule has 0 aliphatic carbocycles. The van der Waals surface area contributed by atoms with Crippen LogP contribution in [0.25, 0.3) is 0 Å². The smallest absolute Gasteiger partial charge is 0.0795 e. The molecular formula is C21H29N3OS. The minimum Gasteiger partial charge on any atom is -0.396 e. The van der Waals surface area contributed by atoms with Crippen LogP contribution in [0.1, 0.15) is 30.5 Å². The molecule has 2 fully saturated rings. The second-order valence-electron chi connectivity index (χ2n) is 7.97. The Labute approximate surface area is 160 Å². The summed E-state index contributed by atoms with van der Waals surface area (Å²) in [4.78, 5) is 9.49. The van der Waals surface area contributed by atoms with Gasteiger partial charge in [0.2, 0.25) is 0 Å². The van der Waals surface area contributed by atoms with Gasteiger partial charge < -0.3 is 5.11 Å². The average Bonchev–Trinajstić information content (AvgIpc) is 3.19. The predicted octanol–water partition coefficient (Wildman–Crippen LogP) is 3.24. The lowest BCUT2D eigenvalue weighted by molar-refractivity contribution is -0.0452. The summed E-state index contributed by atoms with van der Waals surface area (Å²) in [6, 6.07) is 10.8. The second-order valence-corrected chi connectivity index (χ2v) is 8.69. The maximum Gasteiger partial charge on any atom is 0.0795 e. The molecule has 26 heavy (non-hydrogen) atoms. The van der Waals surface area contributed by atoms with Gasteiger partial charge >= 0.3 is 0 Å². The highest BCUT2D eigenvalue weighted by atomic mass is 32.1. The number of hydrogen-bond acceptors (Lipinski definition) is 5. The molecule has 2 aromatic rings. The second kappa shape index (κ2) is 8.17. The van der Waals surface area contributed by atoms with Gasteiger partial charge in [0.05, 0.1) is 11.2 Å². The zero-order chi connectivity index (χ0) is 17.8. The summed E-state index contributed by atoms with van der Waals surface area (Å²) >= 11 is 1.66. The molecule has 1 spiro atoms. The lowest BCUT2D eigenvalue weighted by Crippen LogP contribution is -2.53. The van der Waals surface area contributed by atoms with E-state index in [1.54, 1.807) is 11.3 Å². The molecule has 0 unspecified atom stereocenters. The van der Waals surface area contributed by atoms with Gasteiger partial charge in [-0.25, -0.2) is 4.98 Å². The third-order valence-electron chi connectivity index (χ3n) is 6.46. The molecule has 2 aliphatic rings. The largest absolute Gasteiger partial charge is 0.396 e. The van der Waals surface area contributed by atoms with E-state index >= 15 is 0 Å². The molecule has 0 bridgehead atoms. The molecule has 1 aromatic heterocycles. The van der Waals surface area contributed by atoms with Crippen LogP contribution in [0.4, 0.5) is 0 Å². The van der Waals surface area contributed by atoms with Crippen molar-refractivity contribution >= 4 is 11.3 Å². The molecule has 1 aromatic carbocycles. The maximum absolute atomic E-state index is 10.1. The molecule has 0 saturated carbocycles.